The molecule has 0 amide bonds. The molecule has 2 aromatic carbocycles. The second-order valence-electron chi connectivity index (χ2n) is 17.7. The molecule has 51 heavy (non-hydrogen) atoms. The van der Waals surface area contributed by atoms with Gasteiger partial charge in [0.2, 0.25) is 0 Å². The summed E-state index contributed by atoms with van der Waals surface area (Å²) >= 11 is 3.45. The van der Waals surface area contributed by atoms with Gasteiger partial charge in [-0.15, -0.1) is 23.5 Å². The number of thioether (sulfide) groups is 2. The molecule has 0 unspecified atom stereocenters. The summed E-state index contributed by atoms with van der Waals surface area (Å²) in [4.78, 5) is 50.0. The molecule has 0 bridgehead atoms. The molecule has 2 aromatic rings. The Labute approximate surface area is 314 Å². The monoisotopic (exact) mass is 744 g/mol. The molecule has 10 heteroatoms. The molecule has 0 aliphatic carbocycles. The highest BCUT2D eigenvalue weighted by Gasteiger charge is 2.33. The lowest BCUT2D eigenvalue weighted by Gasteiger charge is -2.33. The van der Waals surface area contributed by atoms with Crippen LogP contribution in [0.3, 0.4) is 0 Å². The lowest BCUT2D eigenvalue weighted by molar-refractivity contribution is -0.139. The number of carbonyl (C=O) groups excluding carboxylic acids is 2. The van der Waals surface area contributed by atoms with Gasteiger partial charge in [-0.25, -0.2) is 0 Å². The van der Waals surface area contributed by atoms with Gasteiger partial charge in [-0.1, -0.05) is 83.1 Å². The van der Waals surface area contributed by atoms with Crippen LogP contribution in [0.4, 0.5) is 0 Å². The molecule has 0 atom stereocenters. The minimum atomic E-state index is -0.941. The Kier molecular flexibility index (Phi) is 14.5. The summed E-state index contributed by atoms with van der Waals surface area (Å²) in [6.45, 7) is 29.4. The van der Waals surface area contributed by atoms with Crippen LogP contribution in [0.2, 0.25) is 0 Å². The fraction of sp³-hybridized carbons (Fsp3) is 0.610. The van der Waals surface area contributed by atoms with E-state index in [0.29, 0.717) is 11.5 Å². The lowest BCUT2D eigenvalue weighted by atomic mass is 9.79. The number of hydrogen-bond acceptors (Lipinski definition) is 8. The summed E-state index contributed by atoms with van der Waals surface area (Å²) in [5.74, 6) is -1.68. The van der Waals surface area contributed by atoms with Gasteiger partial charge in [-0.05, 0) is 72.6 Å². The van der Waals surface area contributed by atoms with E-state index in [-0.39, 0.29) is 64.3 Å². The van der Waals surface area contributed by atoms with Crippen molar-refractivity contribution in [2.75, 3.05) is 0 Å². The SMILES string of the molecule is CC(C)(Sc1cc(C(C)(C)C)c(OC(=O)CCCC(=O)O)c(C(C)(C)C)c1)Sc1cc(C(C)(C)C)c(OC(=O)CCCC(=O)O)c(C(C)(C)C)c1. The fourth-order valence-corrected chi connectivity index (χ4v) is 8.04. The molecular weight excluding hydrogens is 685 g/mol. The highest BCUT2D eigenvalue weighted by atomic mass is 32.2. The molecule has 2 N–H and O–H groups in total. The van der Waals surface area contributed by atoms with Crippen LogP contribution < -0.4 is 9.47 Å². The van der Waals surface area contributed by atoms with Crippen LogP contribution in [0.1, 0.15) is 158 Å². The largest absolute Gasteiger partial charge is 0.481 e. The Morgan fingerprint density at radius 1 is 0.490 bits per heavy atom. The Morgan fingerprint density at radius 2 is 0.745 bits per heavy atom. The van der Waals surface area contributed by atoms with E-state index < -0.39 is 23.9 Å². The summed E-state index contributed by atoms with van der Waals surface area (Å²) in [5, 5.41) is 18.1. The van der Waals surface area contributed by atoms with Crippen molar-refractivity contribution in [1.29, 1.82) is 0 Å². The van der Waals surface area contributed by atoms with Gasteiger partial charge in [0.1, 0.15) is 11.5 Å². The smallest absolute Gasteiger partial charge is 0.311 e. The van der Waals surface area contributed by atoms with Crippen molar-refractivity contribution in [3.8, 4) is 11.5 Å². The number of aliphatic carboxylic acids is 2. The molecular formula is C41H60O8S2. The van der Waals surface area contributed by atoms with Crippen molar-refractivity contribution < 1.29 is 38.9 Å². The van der Waals surface area contributed by atoms with Crippen molar-refractivity contribution in [1.82, 2.24) is 0 Å². The third-order valence-electron chi connectivity index (χ3n) is 8.06. The first-order valence-electron chi connectivity index (χ1n) is 17.6. The Bertz CT molecular complexity index is 1410. The zero-order valence-corrected chi connectivity index (χ0v) is 34.8. The average Bonchev–Trinajstić information content (AvgIpc) is 2.91. The summed E-state index contributed by atoms with van der Waals surface area (Å²) in [6, 6.07) is 8.43. The average molecular weight is 745 g/mol. The van der Waals surface area contributed by atoms with E-state index in [0.717, 1.165) is 32.0 Å². The van der Waals surface area contributed by atoms with Gasteiger partial charge in [0.05, 0.1) is 4.08 Å². The van der Waals surface area contributed by atoms with Crippen LogP contribution in [0, 0.1) is 0 Å². The van der Waals surface area contributed by atoms with Crippen LogP contribution in [0.25, 0.3) is 0 Å². The van der Waals surface area contributed by atoms with Crippen molar-refractivity contribution in [2.24, 2.45) is 0 Å². The summed E-state index contributed by atoms with van der Waals surface area (Å²) in [6.07, 6.45) is 0.296. The number of ether oxygens (including phenoxy) is 2. The third kappa shape index (κ3) is 13.8. The number of esters is 2. The van der Waals surface area contributed by atoms with Crippen molar-refractivity contribution in [3.05, 3.63) is 46.5 Å². The quantitative estimate of drug-likeness (QED) is 0.0835. The minimum Gasteiger partial charge on any atom is -0.481 e. The summed E-state index contributed by atoms with van der Waals surface area (Å²) in [7, 11) is 0. The predicted octanol–water partition coefficient (Wildman–Crippen LogP) is 10.8. The van der Waals surface area contributed by atoms with E-state index in [1.165, 1.54) is 0 Å². The first-order chi connectivity index (χ1) is 23.0. The van der Waals surface area contributed by atoms with Crippen LogP contribution in [0.5, 0.6) is 11.5 Å². The molecule has 284 valence electrons. The molecule has 2 rings (SSSR count). The maximum atomic E-state index is 12.9. The Balaban J connectivity index is 2.61. The van der Waals surface area contributed by atoms with Crippen molar-refractivity contribution in [2.45, 2.75) is 171 Å². The maximum Gasteiger partial charge on any atom is 0.311 e. The zero-order valence-electron chi connectivity index (χ0n) is 33.2. The molecule has 8 nitrogen and oxygen atoms in total. The normalized spacial score (nSPS) is 12.8. The Hall–Kier alpha value is -2.98. The van der Waals surface area contributed by atoms with Gasteiger partial charge in [0.25, 0.3) is 0 Å². The maximum absolute atomic E-state index is 12.9. The first kappa shape index (κ1) is 44.2. The van der Waals surface area contributed by atoms with Crippen LogP contribution in [-0.4, -0.2) is 38.2 Å². The van der Waals surface area contributed by atoms with E-state index in [9.17, 15) is 19.2 Å². The molecule has 0 heterocycles. The molecule has 0 spiro atoms. The summed E-state index contributed by atoms with van der Waals surface area (Å²) in [5.41, 5.74) is 2.22. The Morgan fingerprint density at radius 3 is 0.961 bits per heavy atom. The van der Waals surface area contributed by atoms with Gasteiger partial charge >= 0.3 is 23.9 Å². The highest BCUT2D eigenvalue weighted by molar-refractivity contribution is 8.18. The van der Waals surface area contributed by atoms with Gasteiger partial charge < -0.3 is 19.7 Å². The first-order valence-corrected chi connectivity index (χ1v) is 19.3. The molecule has 0 radical (unpaired) electrons. The fourth-order valence-electron chi connectivity index (χ4n) is 5.46. The van der Waals surface area contributed by atoms with Gasteiger partial charge in [0.15, 0.2) is 0 Å². The number of benzene rings is 2. The molecule has 0 aliphatic heterocycles. The summed E-state index contributed by atoms with van der Waals surface area (Å²) < 4.78 is 11.7. The number of carboxylic acid groups (broad SMARTS) is 2. The van der Waals surface area contributed by atoms with E-state index in [1.807, 2.05) is 0 Å². The molecule has 0 saturated heterocycles. The second kappa shape index (κ2) is 16.8. The van der Waals surface area contributed by atoms with E-state index in [4.69, 9.17) is 19.7 Å². The standard InChI is InChI=1S/C41H60O8S2/c1-37(2,3)27-21-25(22-28(38(4,5)6)35(27)48-33(46)19-15-17-31(42)43)50-41(13,14)51-26-23-29(39(7,8)9)36(30(24-26)40(10,11)12)49-34(47)20-16-18-32(44)45/h21-24H,15-20H2,1-14H3,(H,42,43)(H,44,45). The molecule has 0 aromatic heterocycles. The third-order valence-corrected chi connectivity index (χ3v) is 10.5. The van der Waals surface area contributed by atoms with E-state index in [1.54, 1.807) is 23.5 Å². The number of carbonyl (C=O) groups is 4. The van der Waals surface area contributed by atoms with E-state index in [2.05, 4.69) is 121 Å². The highest BCUT2D eigenvalue weighted by Crippen LogP contribution is 2.51. The number of carboxylic acids is 2. The predicted molar refractivity (Wildman–Crippen MR) is 208 cm³/mol. The molecule has 0 fully saturated rings. The van der Waals surface area contributed by atoms with Crippen LogP contribution in [0.15, 0.2) is 34.1 Å². The van der Waals surface area contributed by atoms with Crippen LogP contribution in [-0.2, 0) is 40.8 Å². The number of rotatable bonds is 14. The van der Waals surface area contributed by atoms with Crippen LogP contribution >= 0.6 is 23.5 Å². The molecule has 0 saturated carbocycles. The number of hydrogen-bond donors (Lipinski definition) is 2. The van der Waals surface area contributed by atoms with Crippen molar-refractivity contribution >= 4 is 47.4 Å². The van der Waals surface area contributed by atoms with Crippen molar-refractivity contribution in [3.63, 3.8) is 0 Å². The minimum absolute atomic E-state index is 0.0233. The zero-order chi connectivity index (χ0) is 39.3. The topological polar surface area (TPSA) is 127 Å². The van der Waals surface area contributed by atoms with Gasteiger partial charge in [0, 0.05) is 57.7 Å². The lowest BCUT2D eigenvalue weighted by Crippen LogP contribution is -2.23. The van der Waals surface area contributed by atoms with Gasteiger partial charge in [-0.3, -0.25) is 19.2 Å². The molecule has 0 aliphatic rings. The van der Waals surface area contributed by atoms with Gasteiger partial charge in [-0.2, -0.15) is 0 Å². The second-order valence-corrected chi connectivity index (χ2v) is 21.4. The van der Waals surface area contributed by atoms with E-state index >= 15 is 0 Å².